The molecule has 0 unspecified atom stereocenters. The molecule has 3 aromatic rings. The van der Waals surface area contributed by atoms with Gasteiger partial charge in [-0.2, -0.15) is 0 Å². The highest BCUT2D eigenvalue weighted by Gasteiger charge is 2.13. The first-order valence-corrected chi connectivity index (χ1v) is 9.56. The Morgan fingerprint density at radius 3 is 2.52 bits per heavy atom. The van der Waals surface area contributed by atoms with E-state index in [0.717, 1.165) is 31.2 Å². The lowest BCUT2D eigenvalue weighted by molar-refractivity contribution is -0.757. The third kappa shape index (κ3) is 5.16. The molecule has 0 saturated heterocycles. The topological polar surface area (TPSA) is 112 Å². The third-order valence-corrected chi connectivity index (χ3v) is 4.64. The van der Waals surface area contributed by atoms with Crippen LogP contribution in [0.15, 0.2) is 39.5 Å². The van der Waals surface area contributed by atoms with Gasteiger partial charge in [0.05, 0.1) is 18.6 Å². The molecule has 1 heterocycles. The Balaban J connectivity index is 1.59. The normalized spacial score (nSPS) is 11.1. The molecule has 0 aliphatic carbocycles. The van der Waals surface area contributed by atoms with E-state index in [9.17, 15) is 20.0 Å². The van der Waals surface area contributed by atoms with Crippen LogP contribution >= 0.6 is 0 Å². The van der Waals surface area contributed by atoms with Crippen LogP contribution in [0.1, 0.15) is 37.7 Å². The van der Waals surface area contributed by atoms with E-state index >= 15 is 0 Å². The number of phenols is 1. The smallest absolute Gasteiger partial charge is 0.294 e. The van der Waals surface area contributed by atoms with E-state index in [1.165, 1.54) is 6.07 Å². The van der Waals surface area contributed by atoms with E-state index in [1.54, 1.807) is 18.2 Å². The Bertz CT molecular complexity index is 1070. The number of hydrogen-bond acceptors (Lipinski definition) is 7. The number of nitrogens with zero attached hydrogens (tertiary/aromatic N) is 1. The second-order valence-corrected chi connectivity index (χ2v) is 6.92. The van der Waals surface area contributed by atoms with E-state index in [-0.39, 0.29) is 28.8 Å². The van der Waals surface area contributed by atoms with Crippen LogP contribution < -0.4 is 10.2 Å². The number of ether oxygens (including phenoxy) is 1. The summed E-state index contributed by atoms with van der Waals surface area (Å²) in [5, 5.41) is 20.1. The standard InChI is InChI=1S/C21H23NO7/c1-14-7-8-16-18(11-14)29-19-13-15(12-17(23)20(19)21(16)24)27-9-5-3-2-4-6-10-28-22(25)26/h7-8,11-13,23H,2-6,9-10H2,1H3. The number of rotatable bonds is 10. The van der Waals surface area contributed by atoms with Gasteiger partial charge in [0.1, 0.15) is 28.1 Å². The molecule has 0 saturated carbocycles. The Kier molecular flexibility index (Phi) is 6.54. The summed E-state index contributed by atoms with van der Waals surface area (Å²) < 4.78 is 11.5. The minimum absolute atomic E-state index is 0.124. The lowest BCUT2D eigenvalue weighted by atomic mass is 10.1. The number of hydrogen-bond donors (Lipinski definition) is 1. The highest BCUT2D eigenvalue weighted by atomic mass is 16.9. The first-order valence-electron chi connectivity index (χ1n) is 9.56. The lowest BCUT2D eigenvalue weighted by Gasteiger charge is -2.09. The zero-order valence-electron chi connectivity index (χ0n) is 16.2. The van der Waals surface area contributed by atoms with Crippen molar-refractivity contribution < 1.29 is 24.2 Å². The molecule has 8 heteroatoms. The van der Waals surface area contributed by atoms with E-state index in [1.807, 2.05) is 13.0 Å². The molecule has 0 aliphatic rings. The molecule has 0 spiro atoms. The zero-order chi connectivity index (χ0) is 20.8. The van der Waals surface area contributed by atoms with Crippen molar-refractivity contribution >= 4 is 21.9 Å². The van der Waals surface area contributed by atoms with Gasteiger partial charge in [-0.1, -0.05) is 25.3 Å². The summed E-state index contributed by atoms with van der Waals surface area (Å²) in [6.45, 7) is 2.49. The van der Waals surface area contributed by atoms with Crippen LogP contribution in [0.4, 0.5) is 0 Å². The van der Waals surface area contributed by atoms with Crippen molar-refractivity contribution in [2.45, 2.75) is 39.0 Å². The molecule has 0 amide bonds. The molecule has 2 aromatic carbocycles. The fourth-order valence-corrected chi connectivity index (χ4v) is 3.19. The van der Waals surface area contributed by atoms with Crippen molar-refractivity contribution in [1.82, 2.24) is 0 Å². The number of fused-ring (bicyclic) bond motifs is 2. The van der Waals surface area contributed by atoms with Crippen molar-refractivity contribution in [3.8, 4) is 11.5 Å². The van der Waals surface area contributed by atoms with Gasteiger partial charge >= 0.3 is 0 Å². The fraction of sp³-hybridized carbons (Fsp3) is 0.381. The van der Waals surface area contributed by atoms with E-state index < -0.39 is 5.09 Å². The maximum atomic E-state index is 12.7. The summed E-state index contributed by atoms with van der Waals surface area (Å²) in [4.78, 5) is 27.0. The Morgan fingerprint density at radius 2 is 1.76 bits per heavy atom. The molecule has 0 fully saturated rings. The minimum atomic E-state index is -0.779. The highest BCUT2D eigenvalue weighted by Crippen LogP contribution is 2.30. The average molecular weight is 401 g/mol. The van der Waals surface area contributed by atoms with Gasteiger partial charge in [0, 0.05) is 12.1 Å². The van der Waals surface area contributed by atoms with Gasteiger partial charge in [0.2, 0.25) is 5.43 Å². The predicted octanol–water partition coefficient (Wildman–Crippen LogP) is 4.50. The third-order valence-electron chi connectivity index (χ3n) is 4.64. The first kappa shape index (κ1) is 20.4. The van der Waals surface area contributed by atoms with Crippen LogP contribution in [0, 0.1) is 17.0 Å². The van der Waals surface area contributed by atoms with Crippen LogP contribution in [-0.2, 0) is 4.84 Å². The zero-order valence-corrected chi connectivity index (χ0v) is 16.2. The largest absolute Gasteiger partial charge is 0.507 e. The summed E-state index contributed by atoms with van der Waals surface area (Å²) in [7, 11) is 0. The van der Waals surface area contributed by atoms with E-state index in [4.69, 9.17) is 9.15 Å². The van der Waals surface area contributed by atoms with Crippen molar-refractivity contribution in [3.05, 3.63) is 56.2 Å². The van der Waals surface area contributed by atoms with Crippen LogP contribution in [0.3, 0.4) is 0 Å². The molecule has 0 aliphatic heterocycles. The number of aromatic hydroxyl groups is 1. The Hall–Kier alpha value is -3.29. The predicted molar refractivity (Wildman–Crippen MR) is 108 cm³/mol. The number of phenolic OH excluding ortho intramolecular Hbond substituents is 1. The van der Waals surface area contributed by atoms with Gasteiger partial charge in [0.15, 0.2) is 0 Å². The Morgan fingerprint density at radius 1 is 1.03 bits per heavy atom. The number of benzene rings is 2. The van der Waals surface area contributed by atoms with Crippen LogP contribution in [0.2, 0.25) is 0 Å². The van der Waals surface area contributed by atoms with Gasteiger partial charge in [-0.15, -0.1) is 10.1 Å². The fourth-order valence-electron chi connectivity index (χ4n) is 3.19. The second-order valence-electron chi connectivity index (χ2n) is 6.92. The second kappa shape index (κ2) is 9.27. The molecule has 154 valence electrons. The molecule has 0 radical (unpaired) electrons. The highest BCUT2D eigenvalue weighted by molar-refractivity contribution is 5.93. The molecule has 0 bridgehead atoms. The molecular weight excluding hydrogens is 378 g/mol. The number of aryl methyl sites for hydroxylation is 1. The van der Waals surface area contributed by atoms with Crippen LogP contribution in [0.25, 0.3) is 21.9 Å². The lowest BCUT2D eigenvalue weighted by Crippen LogP contribution is -2.04. The molecule has 8 nitrogen and oxygen atoms in total. The molecule has 3 rings (SSSR count). The van der Waals surface area contributed by atoms with E-state index in [0.29, 0.717) is 29.7 Å². The summed E-state index contributed by atoms with van der Waals surface area (Å²) in [6.07, 6.45) is 4.13. The summed E-state index contributed by atoms with van der Waals surface area (Å²) >= 11 is 0. The van der Waals surface area contributed by atoms with E-state index in [2.05, 4.69) is 4.84 Å². The monoisotopic (exact) mass is 401 g/mol. The first-order chi connectivity index (χ1) is 14.0. The molecule has 0 atom stereocenters. The molecule has 29 heavy (non-hydrogen) atoms. The SMILES string of the molecule is Cc1ccc2c(=O)c3c(O)cc(OCCCCCCCO[N+](=O)[O-])cc3oc2c1. The van der Waals surface area contributed by atoms with Crippen molar-refractivity contribution in [2.75, 3.05) is 13.2 Å². The summed E-state index contributed by atoms with van der Waals surface area (Å²) in [5.41, 5.74) is 1.46. The van der Waals surface area contributed by atoms with Gasteiger partial charge in [0.25, 0.3) is 5.09 Å². The van der Waals surface area contributed by atoms with Gasteiger partial charge in [-0.3, -0.25) is 4.79 Å². The maximum absolute atomic E-state index is 12.7. The van der Waals surface area contributed by atoms with Crippen LogP contribution in [0.5, 0.6) is 11.5 Å². The van der Waals surface area contributed by atoms with Gasteiger partial charge < -0.3 is 19.1 Å². The summed E-state index contributed by atoms with van der Waals surface area (Å²) in [5.74, 6) is 0.268. The van der Waals surface area contributed by atoms with Gasteiger partial charge in [-0.25, -0.2) is 0 Å². The number of unbranched alkanes of at least 4 members (excludes halogenated alkanes) is 4. The Labute approximate surface area is 166 Å². The van der Waals surface area contributed by atoms with Gasteiger partial charge in [-0.05, 0) is 37.5 Å². The summed E-state index contributed by atoms with van der Waals surface area (Å²) in [6, 6.07) is 8.36. The maximum Gasteiger partial charge on any atom is 0.294 e. The molecule has 1 aromatic heterocycles. The quantitative estimate of drug-likeness (QED) is 0.230. The van der Waals surface area contributed by atoms with Crippen molar-refractivity contribution in [3.63, 3.8) is 0 Å². The minimum Gasteiger partial charge on any atom is -0.507 e. The van der Waals surface area contributed by atoms with Crippen molar-refractivity contribution in [1.29, 1.82) is 0 Å². The molecule has 1 N–H and O–H groups in total. The molecular formula is C21H23NO7. The van der Waals surface area contributed by atoms with Crippen molar-refractivity contribution in [2.24, 2.45) is 0 Å². The average Bonchev–Trinajstić information content (AvgIpc) is 2.65. The van der Waals surface area contributed by atoms with Crippen LogP contribution in [-0.4, -0.2) is 23.4 Å².